The quantitative estimate of drug-likeness (QED) is 0.502. The molecule has 4 rings (SSSR count). The molecule has 2 heterocycles. The molecular formula is C24H26ClN3O3S. The number of pyridine rings is 1. The zero-order valence-corrected chi connectivity index (χ0v) is 19.5. The monoisotopic (exact) mass is 471 g/mol. The second-order valence-corrected chi connectivity index (χ2v) is 8.70. The minimum atomic E-state index is -0.134. The van der Waals surface area contributed by atoms with Crippen LogP contribution in [0.1, 0.15) is 24.0 Å². The zero-order valence-electron chi connectivity index (χ0n) is 17.9. The predicted octanol–water partition coefficient (Wildman–Crippen LogP) is 4.25. The third-order valence-corrected chi connectivity index (χ3v) is 6.22. The highest BCUT2D eigenvalue weighted by atomic mass is 35.5. The van der Waals surface area contributed by atoms with Crippen LogP contribution in [0.4, 0.5) is 0 Å². The molecular weight excluding hydrogens is 446 g/mol. The average Bonchev–Trinajstić information content (AvgIpc) is 3.32. The molecule has 1 saturated heterocycles. The van der Waals surface area contributed by atoms with Gasteiger partial charge in [0.1, 0.15) is 5.75 Å². The van der Waals surface area contributed by atoms with Crippen molar-refractivity contribution in [3.05, 3.63) is 75.0 Å². The maximum absolute atomic E-state index is 12.8. The van der Waals surface area contributed by atoms with Crippen molar-refractivity contribution in [1.82, 2.24) is 15.2 Å². The van der Waals surface area contributed by atoms with E-state index in [-0.39, 0.29) is 11.7 Å². The van der Waals surface area contributed by atoms with E-state index in [9.17, 15) is 4.79 Å². The number of halogens is 1. The number of thiocarbonyl (C=S) groups is 1. The Morgan fingerprint density at radius 2 is 2.06 bits per heavy atom. The second kappa shape index (κ2) is 10.3. The smallest absolute Gasteiger partial charge is 0.253 e. The van der Waals surface area contributed by atoms with E-state index in [2.05, 4.69) is 10.3 Å². The predicted molar refractivity (Wildman–Crippen MR) is 131 cm³/mol. The van der Waals surface area contributed by atoms with Crippen LogP contribution in [-0.4, -0.2) is 41.4 Å². The number of aromatic amines is 1. The summed E-state index contributed by atoms with van der Waals surface area (Å²) in [6, 6.07) is 15.1. The number of nitrogens with one attached hydrogen (secondary N) is 2. The van der Waals surface area contributed by atoms with Crippen LogP contribution in [0, 0.1) is 0 Å². The topological polar surface area (TPSA) is 66.6 Å². The minimum absolute atomic E-state index is 0.134. The molecule has 1 atom stereocenters. The first-order valence-electron chi connectivity index (χ1n) is 10.6. The number of rotatable bonds is 7. The molecule has 0 saturated carbocycles. The number of fused-ring (bicyclic) bond motifs is 1. The van der Waals surface area contributed by atoms with Gasteiger partial charge < -0.3 is 24.7 Å². The molecule has 1 fully saturated rings. The van der Waals surface area contributed by atoms with E-state index in [1.54, 1.807) is 7.11 Å². The number of methoxy groups -OCH3 is 1. The van der Waals surface area contributed by atoms with Crippen molar-refractivity contribution in [1.29, 1.82) is 0 Å². The summed E-state index contributed by atoms with van der Waals surface area (Å²) in [5, 5.41) is 5.50. The van der Waals surface area contributed by atoms with Crippen molar-refractivity contribution < 1.29 is 9.47 Å². The standard InChI is InChI=1S/C24H26ClN3O3S/c1-30-20-8-9-22-17(12-20)11-18(23(29)27-22)15-28(14-16-4-6-19(25)7-5-16)24(32)26-13-21-3-2-10-31-21/h4-9,11-12,21H,2-3,10,13-15H2,1H3,(H,26,32)(H,27,29)/t21-/m1/s1. The van der Waals surface area contributed by atoms with Crippen molar-refractivity contribution in [2.45, 2.75) is 32.0 Å². The van der Waals surface area contributed by atoms with Gasteiger partial charge in [0.15, 0.2) is 5.11 Å². The lowest BCUT2D eigenvalue weighted by atomic mass is 10.1. The largest absolute Gasteiger partial charge is 0.497 e. The van der Waals surface area contributed by atoms with Gasteiger partial charge >= 0.3 is 0 Å². The lowest BCUT2D eigenvalue weighted by Crippen LogP contribution is -2.42. The highest BCUT2D eigenvalue weighted by Gasteiger charge is 2.18. The van der Waals surface area contributed by atoms with Gasteiger partial charge in [-0.2, -0.15) is 0 Å². The molecule has 0 radical (unpaired) electrons. The molecule has 3 aromatic rings. The van der Waals surface area contributed by atoms with Gasteiger partial charge in [-0.3, -0.25) is 4.79 Å². The molecule has 0 bridgehead atoms. The Labute approximate surface area is 197 Å². The lowest BCUT2D eigenvalue weighted by Gasteiger charge is -2.27. The van der Waals surface area contributed by atoms with Gasteiger partial charge in [-0.1, -0.05) is 23.7 Å². The van der Waals surface area contributed by atoms with Crippen LogP contribution in [0.5, 0.6) is 5.75 Å². The lowest BCUT2D eigenvalue weighted by molar-refractivity contribution is 0.113. The van der Waals surface area contributed by atoms with Gasteiger partial charge in [0.2, 0.25) is 0 Å². The molecule has 2 N–H and O–H groups in total. The van der Waals surface area contributed by atoms with Crippen molar-refractivity contribution in [2.24, 2.45) is 0 Å². The van der Waals surface area contributed by atoms with E-state index < -0.39 is 0 Å². The highest BCUT2D eigenvalue weighted by Crippen LogP contribution is 2.20. The van der Waals surface area contributed by atoms with Crippen LogP contribution in [0.25, 0.3) is 10.9 Å². The van der Waals surface area contributed by atoms with Gasteiger partial charge in [-0.05, 0) is 67.0 Å². The summed E-state index contributed by atoms with van der Waals surface area (Å²) in [6.45, 7) is 2.36. The van der Waals surface area contributed by atoms with E-state index in [1.807, 2.05) is 53.4 Å². The molecule has 2 aromatic carbocycles. The zero-order chi connectivity index (χ0) is 22.5. The van der Waals surface area contributed by atoms with Crippen LogP contribution in [0.15, 0.2) is 53.3 Å². The maximum Gasteiger partial charge on any atom is 0.253 e. The van der Waals surface area contributed by atoms with Crippen LogP contribution >= 0.6 is 23.8 Å². The first-order chi connectivity index (χ1) is 15.5. The Morgan fingerprint density at radius 1 is 1.25 bits per heavy atom. The number of H-pyrrole nitrogens is 1. The Kier molecular flexibility index (Phi) is 7.29. The summed E-state index contributed by atoms with van der Waals surface area (Å²) in [5.41, 5.74) is 2.31. The first-order valence-corrected chi connectivity index (χ1v) is 11.4. The molecule has 0 amide bonds. The van der Waals surface area contributed by atoms with Gasteiger partial charge in [-0.15, -0.1) is 0 Å². The van der Waals surface area contributed by atoms with Crippen molar-refractivity contribution in [3.63, 3.8) is 0 Å². The van der Waals surface area contributed by atoms with E-state index in [0.29, 0.717) is 35.3 Å². The van der Waals surface area contributed by atoms with Gasteiger partial charge in [-0.25, -0.2) is 0 Å². The van der Waals surface area contributed by atoms with E-state index in [1.165, 1.54) is 0 Å². The number of hydrogen-bond acceptors (Lipinski definition) is 4. The van der Waals surface area contributed by atoms with Gasteiger partial charge in [0.05, 0.1) is 19.8 Å². The van der Waals surface area contributed by atoms with Crippen LogP contribution in [-0.2, 0) is 17.8 Å². The summed E-state index contributed by atoms with van der Waals surface area (Å²) in [6.07, 6.45) is 2.27. The Bertz CT molecular complexity index is 1140. The molecule has 32 heavy (non-hydrogen) atoms. The molecule has 1 aliphatic heterocycles. The van der Waals surface area contributed by atoms with Gasteiger partial charge in [0, 0.05) is 41.2 Å². The summed E-state index contributed by atoms with van der Waals surface area (Å²) < 4.78 is 11.0. The second-order valence-electron chi connectivity index (χ2n) is 7.88. The molecule has 0 unspecified atom stereocenters. The van der Waals surface area contributed by atoms with E-state index in [0.717, 1.165) is 41.7 Å². The summed E-state index contributed by atoms with van der Waals surface area (Å²) in [4.78, 5) is 17.7. The third kappa shape index (κ3) is 5.59. The Balaban J connectivity index is 1.58. The fourth-order valence-corrected chi connectivity index (χ4v) is 4.15. The van der Waals surface area contributed by atoms with E-state index in [4.69, 9.17) is 33.3 Å². The first kappa shape index (κ1) is 22.6. The summed E-state index contributed by atoms with van der Waals surface area (Å²) in [5.74, 6) is 0.738. The Morgan fingerprint density at radius 3 is 2.78 bits per heavy atom. The molecule has 1 aromatic heterocycles. The maximum atomic E-state index is 12.8. The summed E-state index contributed by atoms with van der Waals surface area (Å²) in [7, 11) is 1.62. The number of nitrogens with zero attached hydrogens (tertiary/aromatic N) is 1. The highest BCUT2D eigenvalue weighted by molar-refractivity contribution is 7.80. The summed E-state index contributed by atoms with van der Waals surface area (Å²) >= 11 is 11.8. The molecule has 6 nitrogen and oxygen atoms in total. The number of hydrogen-bond donors (Lipinski definition) is 2. The van der Waals surface area contributed by atoms with Crippen molar-refractivity contribution in [3.8, 4) is 5.75 Å². The van der Waals surface area contributed by atoms with Crippen LogP contribution in [0.3, 0.4) is 0 Å². The normalized spacial score (nSPS) is 15.6. The molecule has 0 spiro atoms. The fraction of sp³-hybridized carbons (Fsp3) is 0.333. The minimum Gasteiger partial charge on any atom is -0.497 e. The van der Waals surface area contributed by atoms with E-state index >= 15 is 0 Å². The number of aromatic nitrogens is 1. The fourth-order valence-electron chi connectivity index (χ4n) is 3.81. The third-order valence-electron chi connectivity index (χ3n) is 5.57. The van der Waals surface area contributed by atoms with Crippen LogP contribution in [0.2, 0.25) is 5.02 Å². The Hall–Kier alpha value is -2.61. The number of benzene rings is 2. The molecule has 8 heteroatoms. The molecule has 0 aliphatic carbocycles. The van der Waals surface area contributed by atoms with Gasteiger partial charge in [0.25, 0.3) is 5.56 Å². The molecule has 1 aliphatic rings. The van der Waals surface area contributed by atoms with Crippen LogP contribution < -0.4 is 15.6 Å². The average molecular weight is 472 g/mol. The van der Waals surface area contributed by atoms with Crippen molar-refractivity contribution >= 4 is 39.8 Å². The SMILES string of the molecule is COc1ccc2[nH]c(=O)c(CN(Cc3ccc(Cl)cc3)C(=S)NC[C@H]3CCCO3)cc2c1. The number of ether oxygens (including phenoxy) is 2. The molecule has 168 valence electrons. The van der Waals surface area contributed by atoms with Crippen molar-refractivity contribution in [2.75, 3.05) is 20.3 Å².